The van der Waals surface area contributed by atoms with Gasteiger partial charge in [0.05, 0.1) is 5.57 Å². The zero-order valence-electron chi connectivity index (χ0n) is 12.6. The highest BCUT2D eigenvalue weighted by Gasteiger charge is 2.10. The van der Waals surface area contributed by atoms with Crippen molar-refractivity contribution in [1.29, 1.82) is 15.8 Å². The van der Waals surface area contributed by atoms with E-state index in [1.165, 1.54) is 0 Å². The van der Waals surface area contributed by atoms with Gasteiger partial charge in [-0.15, -0.1) is 0 Å². The lowest BCUT2D eigenvalue weighted by atomic mass is 10.0. The third kappa shape index (κ3) is 4.10. The van der Waals surface area contributed by atoms with Gasteiger partial charge in [0.1, 0.15) is 23.8 Å². The number of benzene rings is 1. The summed E-state index contributed by atoms with van der Waals surface area (Å²) < 4.78 is 0. The maximum Gasteiger partial charge on any atom is 0.148 e. The van der Waals surface area contributed by atoms with Crippen molar-refractivity contribution in [3.63, 3.8) is 0 Å². The summed E-state index contributed by atoms with van der Waals surface area (Å²) in [6.45, 7) is 8.29. The van der Waals surface area contributed by atoms with E-state index in [-0.39, 0.29) is 11.1 Å². The van der Waals surface area contributed by atoms with Gasteiger partial charge in [0.2, 0.25) is 0 Å². The molecule has 0 aromatic heterocycles. The van der Waals surface area contributed by atoms with Crippen LogP contribution in [0.4, 0.5) is 5.69 Å². The molecule has 0 saturated heterocycles. The Labute approximate surface area is 126 Å². The number of anilines is 1. The van der Waals surface area contributed by atoms with Crippen LogP contribution in [0.25, 0.3) is 5.57 Å². The number of allylic oxidation sites excluding steroid dienone is 2. The standard InChI is InChI=1S/C17H18N4/c1-4-21(12-13(2)3)16-7-5-14(6-8-16)17(11-20)15(9-18)10-19/h5-8,13H,4,12H2,1-3H3. The van der Waals surface area contributed by atoms with Crippen molar-refractivity contribution in [3.8, 4) is 18.2 Å². The van der Waals surface area contributed by atoms with Gasteiger partial charge in [0.15, 0.2) is 0 Å². The third-order valence-electron chi connectivity index (χ3n) is 3.07. The number of hydrogen-bond donors (Lipinski definition) is 0. The predicted molar refractivity (Wildman–Crippen MR) is 82.9 cm³/mol. The van der Waals surface area contributed by atoms with Gasteiger partial charge in [-0.3, -0.25) is 0 Å². The Balaban J connectivity index is 3.14. The molecule has 0 aliphatic rings. The van der Waals surface area contributed by atoms with Gasteiger partial charge < -0.3 is 4.90 Å². The maximum atomic E-state index is 9.14. The highest BCUT2D eigenvalue weighted by atomic mass is 15.1. The highest BCUT2D eigenvalue weighted by Crippen LogP contribution is 2.22. The summed E-state index contributed by atoms with van der Waals surface area (Å²) in [6, 6.07) is 12.9. The van der Waals surface area contributed by atoms with Crippen LogP contribution in [0, 0.1) is 39.9 Å². The molecule has 0 aliphatic carbocycles. The van der Waals surface area contributed by atoms with Gasteiger partial charge in [-0.1, -0.05) is 26.0 Å². The van der Waals surface area contributed by atoms with E-state index in [0.717, 1.165) is 18.8 Å². The molecular weight excluding hydrogens is 260 g/mol. The van der Waals surface area contributed by atoms with Crippen LogP contribution >= 0.6 is 0 Å². The van der Waals surface area contributed by atoms with Crippen LogP contribution in [0.5, 0.6) is 0 Å². The van der Waals surface area contributed by atoms with Gasteiger partial charge in [-0.05, 0) is 30.5 Å². The summed E-state index contributed by atoms with van der Waals surface area (Å²) in [7, 11) is 0. The predicted octanol–water partition coefficient (Wildman–Crippen LogP) is 3.49. The Bertz CT molecular complexity index is 617. The normalized spacial score (nSPS) is 9.38. The first-order valence-electron chi connectivity index (χ1n) is 6.87. The first kappa shape index (κ1) is 16.3. The summed E-state index contributed by atoms with van der Waals surface area (Å²) in [5.41, 5.74) is 1.64. The second-order valence-corrected chi connectivity index (χ2v) is 5.06. The molecule has 0 aliphatic heterocycles. The van der Waals surface area contributed by atoms with E-state index >= 15 is 0 Å². The Morgan fingerprint density at radius 3 is 2.00 bits per heavy atom. The van der Waals surface area contributed by atoms with Crippen molar-refractivity contribution in [2.24, 2.45) is 5.92 Å². The Morgan fingerprint density at radius 1 is 1.05 bits per heavy atom. The zero-order valence-corrected chi connectivity index (χ0v) is 12.6. The summed E-state index contributed by atoms with van der Waals surface area (Å²) in [5.74, 6) is 0.558. The van der Waals surface area contributed by atoms with Crippen LogP contribution in [-0.2, 0) is 0 Å². The molecule has 0 heterocycles. The topological polar surface area (TPSA) is 74.6 Å². The molecule has 0 amide bonds. The van der Waals surface area contributed by atoms with Crippen molar-refractivity contribution < 1.29 is 0 Å². The minimum atomic E-state index is -0.153. The molecule has 1 aromatic carbocycles. The molecule has 4 heteroatoms. The van der Waals surface area contributed by atoms with Crippen molar-refractivity contribution >= 4 is 11.3 Å². The summed E-state index contributed by atoms with van der Waals surface area (Å²) in [4.78, 5) is 2.25. The van der Waals surface area contributed by atoms with Crippen LogP contribution in [0.15, 0.2) is 29.8 Å². The quantitative estimate of drug-likeness (QED) is 0.772. The fraction of sp³-hybridized carbons (Fsp3) is 0.353. The molecule has 106 valence electrons. The number of rotatable bonds is 5. The van der Waals surface area contributed by atoms with Gasteiger partial charge in [0.25, 0.3) is 0 Å². The van der Waals surface area contributed by atoms with Crippen molar-refractivity contribution in [1.82, 2.24) is 0 Å². The lowest BCUT2D eigenvalue weighted by Gasteiger charge is -2.25. The maximum absolute atomic E-state index is 9.14. The average Bonchev–Trinajstić information content (AvgIpc) is 2.50. The Hall–Kier alpha value is -2.77. The Kier molecular flexibility index (Phi) is 5.99. The Morgan fingerprint density at radius 2 is 1.62 bits per heavy atom. The molecule has 0 N–H and O–H groups in total. The summed E-state index contributed by atoms with van der Waals surface area (Å²) in [6.07, 6.45) is 0. The van der Waals surface area contributed by atoms with E-state index in [9.17, 15) is 0 Å². The number of nitriles is 3. The zero-order chi connectivity index (χ0) is 15.8. The molecule has 0 saturated carbocycles. The minimum Gasteiger partial charge on any atom is -0.372 e. The van der Waals surface area contributed by atoms with Gasteiger partial charge in [-0.2, -0.15) is 15.8 Å². The minimum absolute atomic E-state index is 0.124. The molecule has 0 radical (unpaired) electrons. The highest BCUT2D eigenvalue weighted by molar-refractivity contribution is 5.84. The molecular formula is C17H18N4. The smallest absolute Gasteiger partial charge is 0.148 e. The largest absolute Gasteiger partial charge is 0.372 e. The van der Waals surface area contributed by atoms with E-state index in [2.05, 4.69) is 25.7 Å². The van der Waals surface area contributed by atoms with Crippen LogP contribution in [-0.4, -0.2) is 13.1 Å². The molecule has 1 rings (SSSR count). The van der Waals surface area contributed by atoms with Gasteiger partial charge in [-0.25, -0.2) is 0 Å². The molecule has 0 bridgehead atoms. The van der Waals surface area contributed by atoms with Crippen molar-refractivity contribution in [3.05, 3.63) is 35.4 Å². The van der Waals surface area contributed by atoms with E-state index in [0.29, 0.717) is 11.5 Å². The van der Waals surface area contributed by atoms with Crippen molar-refractivity contribution in [2.75, 3.05) is 18.0 Å². The van der Waals surface area contributed by atoms with Crippen LogP contribution in [0.2, 0.25) is 0 Å². The van der Waals surface area contributed by atoms with E-state index in [4.69, 9.17) is 15.8 Å². The van der Waals surface area contributed by atoms with Crippen molar-refractivity contribution in [2.45, 2.75) is 20.8 Å². The van der Waals surface area contributed by atoms with Crippen LogP contribution < -0.4 is 4.90 Å². The first-order valence-corrected chi connectivity index (χ1v) is 6.87. The first-order chi connectivity index (χ1) is 10.1. The van der Waals surface area contributed by atoms with Crippen LogP contribution in [0.1, 0.15) is 26.3 Å². The van der Waals surface area contributed by atoms with E-state index < -0.39 is 0 Å². The number of nitrogens with zero attached hydrogens (tertiary/aromatic N) is 4. The monoisotopic (exact) mass is 278 g/mol. The molecule has 1 aromatic rings. The average molecular weight is 278 g/mol. The molecule has 0 unspecified atom stereocenters. The molecule has 0 atom stereocenters. The molecule has 0 spiro atoms. The SMILES string of the molecule is CCN(CC(C)C)c1ccc(C(C#N)=C(C#N)C#N)cc1. The summed E-state index contributed by atoms with van der Waals surface area (Å²) in [5, 5.41) is 26.9. The van der Waals surface area contributed by atoms with Gasteiger partial charge >= 0.3 is 0 Å². The second-order valence-electron chi connectivity index (χ2n) is 5.06. The molecule has 4 nitrogen and oxygen atoms in total. The van der Waals surface area contributed by atoms with E-state index in [1.54, 1.807) is 24.3 Å². The summed E-state index contributed by atoms with van der Waals surface area (Å²) >= 11 is 0. The lowest BCUT2D eigenvalue weighted by molar-refractivity contribution is 0.619. The second kappa shape index (κ2) is 7.73. The lowest BCUT2D eigenvalue weighted by Crippen LogP contribution is -2.27. The van der Waals surface area contributed by atoms with Gasteiger partial charge in [0, 0.05) is 18.8 Å². The van der Waals surface area contributed by atoms with E-state index in [1.807, 2.05) is 18.2 Å². The number of hydrogen-bond acceptors (Lipinski definition) is 4. The van der Waals surface area contributed by atoms with Crippen LogP contribution in [0.3, 0.4) is 0 Å². The fourth-order valence-corrected chi connectivity index (χ4v) is 2.10. The fourth-order valence-electron chi connectivity index (χ4n) is 2.10. The molecule has 21 heavy (non-hydrogen) atoms. The molecule has 0 fully saturated rings. The third-order valence-corrected chi connectivity index (χ3v) is 3.07.